The minimum Gasteiger partial charge on any atom is -0.346 e. The Labute approximate surface area is 156 Å². The van der Waals surface area contributed by atoms with Gasteiger partial charge in [-0.3, -0.25) is 9.59 Å². The molecule has 0 unspecified atom stereocenters. The van der Waals surface area contributed by atoms with Crippen LogP contribution in [0.15, 0.2) is 24.3 Å². The molecule has 0 bridgehead atoms. The highest BCUT2D eigenvalue weighted by Gasteiger charge is 2.38. The monoisotopic (exact) mass is 393 g/mol. The highest BCUT2D eigenvalue weighted by atomic mass is 35.5. The second-order valence-electron chi connectivity index (χ2n) is 6.25. The number of nitrogens with one attached hydrogen (secondary N) is 2. The predicted molar refractivity (Wildman–Crippen MR) is 93.7 cm³/mol. The van der Waals surface area contributed by atoms with E-state index in [9.17, 15) is 22.8 Å². The summed E-state index contributed by atoms with van der Waals surface area (Å²) in [6.07, 6.45) is -0.724. The Morgan fingerprint density at radius 2 is 1.77 bits per heavy atom. The number of halogens is 4. The number of benzene rings is 1. The van der Waals surface area contributed by atoms with Crippen LogP contribution in [0.2, 0.25) is 0 Å². The fraction of sp³-hybridized carbons (Fsp3) is 0.529. The maximum atomic E-state index is 13.0. The van der Waals surface area contributed by atoms with Crippen molar-refractivity contribution >= 4 is 24.2 Å². The van der Waals surface area contributed by atoms with Crippen LogP contribution in [-0.4, -0.2) is 24.9 Å². The van der Waals surface area contributed by atoms with Crippen molar-refractivity contribution in [2.45, 2.75) is 43.8 Å². The summed E-state index contributed by atoms with van der Waals surface area (Å²) in [5.41, 5.74) is 4.03. The lowest BCUT2D eigenvalue weighted by Gasteiger charge is -2.39. The molecule has 0 atom stereocenters. The summed E-state index contributed by atoms with van der Waals surface area (Å²) in [4.78, 5) is 23.4. The number of amides is 2. The minimum absolute atomic E-state index is 0. The molecule has 146 valence electrons. The summed E-state index contributed by atoms with van der Waals surface area (Å²) < 4.78 is 39.1. The normalized spacial score (nSPS) is 16.3. The maximum Gasteiger partial charge on any atom is 0.416 e. The minimum atomic E-state index is -4.44. The van der Waals surface area contributed by atoms with E-state index < -0.39 is 29.1 Å². The largest absolute Gasteiger partial charge is 0.416 e. The summed E-state index contributed by atoms with van der Waals surface area (Å²) in [6, 6.07) is 5.09. The fourth-order valence-electron chi connectivity index (χ4n) is 3.20. The Balaban J connectivity index is 0.00000338. The number of alkyl halides is 3. The highest BCUT2D eigenvalue weighted by molar-refractivity contribution is 5.86. The number of hydrogen-bond acceptors (Lipinski definition) is 3. The van der Waals surface area contributed by atoms with Crippen molar-refractivity contribution in [3.8, 4) is 0 Å². The van der Waals surface area contributed by atoms with Crippen LogP contribution in [-0.2, 0) is 21.3 Å². The summed E-state index contributed by atoms with van der Waals surface area (Å²) in [5.74, 6) is -0.909. The quantitative estimate of drug-likeness (QED) is 0.718. The standard InChI is InChI=1S/C17H22F3N3O2.ClH/c18-17(19,20)13-6-4-5-12(9-13)16(7-2-1-3-8-16)23-15(25)11-22-14(24)10-21;/h4-6,9H,1-3,7-8,10-11,21H2,(H,22,24)(H,23,25);1H. The molecule has 0 saturated heterocycles. The van der Waals surface area contributed by atoms with Crippen LogP contribution in [0, 0.1) is 0 Å². The first-order valence-electron chi connectivity index (χ1n) is 8.22. The number of carbonyl (C=O) groups excluding carboxylic acids is 2. The zero-order chi connectivity index (χ0) is 18.5. The lowest BCUT2D eigenvalue weighted by Crippen LogP contribution is -2.50. The van der Waals surface area contributed by atoms with Gasteiger partial charge in [0.1, 0.15) is 0 Å². The first-order chi connectivity index (χ1) is 11.8. The predicted octanol–water partition coefficient (Wildman–Crippen LogP) is 2.48. The van der Waals surface area contributed by atoms with Gasteiger partial charge >= 0.3 is 6.18 Å². The highest BCUT2D eigenvalue weighted by Crippen LogP contribution is 2.39. The molecular formula is C17H23ClF3N3O2. The van der Waals surface area contributed by atoms with E-state index in [2.05, 4.69) is 10.6 Å². The average Bonchev–Trinajstić information content (AvgIpc) is 2.60. The number of hydrogen-bond donors (Lipinski definition) is 3. The van der Waals surface area contributed by atoms with E-state index in [0.717, 1.165) is 31.4 Å². The molecule has 0 aromatic heterocycles. The first kappa shape index (κ1) is 22.2. The smallest absolute Gasteiger partial charge is 0.346 e. The number of nitrogens with two attached hydrogens (primary N) is 1. The van der Waals surface area contributed by atoms with E-state index in [-0.39, 0.29) is 25.5 Å². The lowest BCUT2D eigenvalue weighted by atomic mass is 9.76. The number of rotatable bonds is 5. The lowest BCUT2D eigenvalue weighted by molar-refractivity contribution is -0.137. The molecule has 1 saturated carbocycles. The van der Waals surface area contributed by atoms with Crippen LogP contribution in [0.25, 0.3) is 0 Å². The molecule has 9 heteroatoms. The molecular weight excluding hydrogens is 371 g/mol. The third kappa shape index (κ3) is 5.60. The van der Waals surface area contributed by atoms with Crippen molar-refractivity contribution in [3.05, 3.63) is 35.4 Å². The second-order valence-corrected chi connectivity index (χ2v) is 6.25. The van der Waals surface area contributed by atoms with E-state index in [1.54, 1.807) is 6.07 Å². The second kappa shape index (κ2) is 9.23. The van der Waals surface area contributed by atoms with Gasteiger partial charge in [-0.2, -0.15) is 13.2 Å². The van der Waals surface area contributed by atoms with Crippen molar-refractivity contribution < 1.29 is 22.8 Å². The van der Waals surface area contributed by atoms with Gasteiger partial charge in [-0.05, 0) is 30.5 Å². The molecule has 26 heavy (non-hydrogen) atoms. The molecule has 4 N–H and O–H groups in total. The molecule has 1 aliphatic rings. The Morgan fingerprint density at radius 1 is 1.12 bits per heavy atom. The summed E-state index contributed by atoms with van der Waals surface area (Å²) in [6.45, 7) is -0.483. The van der Waals surface area contributed by atoms with Gasteiger partial charge in [0.05, 0.1) is 24.2 Å². The van der Waals surface area contributed by atoms with Crippen LogP contribution in [0.5, 0.6) is 0 Å². The van der Waals surface area contributed by atoms with E-state index in [1.807, 2.05) is 0 Å². The molecule has 5 nitrogen and oxygen atoms in total. The van der Waals surface area contributed by atoms with Crippen LogP contribution in [0.1, 0.15) is 43.2 Å². The molecule has 2 rings (SSSR count). The van der Waals surface area contributed by atoms with Gasteiger partial charge in [0.15, 0.2) is 0 Å². The van der Waals surface area contributed by atoms with E-state index in [4.69, 9.17) is 5.73 Å². The van der Waals surface area contributed by atoms with Crippen LogP contribution in [0.4, 0.5) is 13.2 Å². The summed E-state index contributed by atoms with van der Waals surface area (Å²) >= 11 is 0. The molecule has 1 fully saturated rings. The third-order valence-corrected chi connectivity index (χ3v) is 4.46. The molecule has 0 radical (unpaired) electrons. The van der Waals surface area contributed by atoms with Gasteiger partial charge in [-0.1, -0.05) is 31.4 Å². The number of carbonyl (C=O) groups is 2. The zero-order valence-corrected chi connectivity index (χ0v) is 15.0. The van der Waals surface area contributed by atoms with Crippen molar-refractivity contribution in [1.82, 2.24) is 10.6 Å². The Hall–Kier alpha value is -1.80. The van der Waals surface area contributed by atoms with E-state index in [1.165, 1.54) is 6.07 Å². The molecule has 1 aromatic rings. The molecule has 0 heterocycles. The van der Waals surface area contributed by atoms with Crippen molar-refractivity contribution in [2.24, 2.45) is 5.73 Å². The topological polar surface area (TPSA) is 84.2 Å². The van der Waals surface area contributed by atoms with Crippen molar-refractivity contribution in [2.75, 3.05) is 13.1 Å². The van der Waals surface area contributed by atoms with Crippen LogP contribution < -0.4 is 16.4 Å². The van der Waals surface area contributed by atoms with Gasteiger partial charge in [-0.25, -0.2) is 0 Å². The first-order valence-corrected chi connectivity index (χ1v) is 8.22. The van der Waals surface area contributed by atoms with Crippen molar-refractivity contribution in [3.63, 3.8) is 0 Å². The zero-order valence-electron chi connectivity index (χ0n) is 14.2. The summed E-state index contributed by atoms with van der Waals surface area (Å²) in [7, 11) is 0. The Kier molecular flexibility index (Phi) is 7.89. The van der Waals surface area contributed by atoms with Crippen LogP contribution >= 0.6 is 12.4 Å². The molecule has 1 aromatic carbocycles. The molecule has 0 spiro atoms. The van der Waals surface area contributed by atoms with E-state index >= 15 is 0 Å². The van der Waals surface area contributed by atoms with Gasteiger partial charge in [0, 0.05) is 0 Å². The molecule has 0 aliphatic heterocycles. The summed E-state index contributed by atoms with van der Waals surface area (Å²) in [5, 5.41) is 5.21. The molecule has 1 aliphatic carbocycles. The molecule has 2 amide bonds. The maximum absolute atomic E-state index is 13.0. The van der Waals surface area contributed by atoms with E-state index in [0.29, 0.717) is 18.4 Å². The fourth-order valence-corrected chi connectivity index (χ4v) is 3.20. The Bertz CT molecular complexity index is 632. The van der Waals surface area contributed by atoms with Gasteiger partial charge in [0.25, 0.3) is 0 Å². The van der Waals surface area contributed by atoms with Crippen molar-refractivity contribution in [1.29, 1.82) is 0 Å². The third-order valence-electron chi connectivity index (χ3n) is 4.46. The average molecular weight is 394 g/mol. The van der Waals surface area contributed by atoms with Gasteiger partial charge < -0.3 is 16.4 Å². The Morgan fingerprint density at radius 3 is 2.35 bits per heavy atom. The SMILES string of the molecule is Cl.NCC(=O)NCC(=O)NC1(c2cccc(C(F)(F)F)c2)CCCCC1. The van der Waals surface area contributed by atoms with Gasteiger partial charge in [0.2, 0.25) is 11.8 Å². The van der Waals surface area contributed by atoms with Crippen LogP contribution in [0.3, 0.4) is 0 Å². The van der Waals surface area contributed by atoms with Gasteiger partial charge in [-0.15, -0.1) is 12.4 Å².